The first kappa shape index (κ1) is 19.1. The maximum atomic E-state index is 11.9. The number of thioether (sulfide) groups is 1. The van der Waals surface area contributed by atoms with Gasteiger partial charge in [-0.05, 0) is 31.2 Å². The number of halogens is 1. The number of nitrogens with one attached hydrogen (secondary N) is 1. The van der Waals surface area contributed by atoms with Gasteiger partial charge in [-0.2, -0.15) is 0 Å². The molecule has 0 heterocycles. The molecule has 0 aromatic heterocycles. The summed E-state index contributed by atoms with van der Waals surface area (Å²) < 4.78 is 10.4. The summed E-state index contributed by atoms with van der Waals surface area (Å²) in [6, 6.07) is 14.3. The third kappa shape index (κ3) is 6.32. The molecule has 2 aromatic carbocycles. The molecule has 0 radical (unpaired) electrons. The number of ether oxygens (including phenoxy) is 2. The predicted octanol–water partition coefficient (Wildman–Crippen LogP) is 4.01. The summed E-state index contributed by atoms with van der Waals surface area (Å²) in [5.41, 5.74) is 0.538. The van der Waals surface area contributed by atoms with Gasteiger partial charge in [0, 0.05) is 4.90 Å². The molecule has 2 aromatic rings. The Morgan fingerprint density at radius 3 is 2.60 bits per heavy atom. The van der Waals surface area contributed by atoms with Crippen LogP contribution in [0.1, 0.15) is 6.92 Å². The van der Waals surface area contributed by atoms with Gasteiger partial charge in [-0.25, -0.2) is 0 Å². The fourth-order valence-corrected chi connectivity index (χ4v) is 2.96. The first-order chi connectivity index (χ1) is 12.1. The van der Waals surface area contributed by atoms with E-state index >= 15 is 0 Å². The second-order valence-electron chi connectivity index (χ2n) is 4.86. The number of anilines is 1. The van der Waals surface area contributed by atoms with E-state index in [9.17, 15) is 9.59 Å². The van der Waals surface area contributed by atoms with Gasteiger partial charge in [0.25, 0.3) is 5.91 Å². The van der Waals surface area contributed by atoms with Gasteiger partial charge < -0.3 is 14.8 Å². The molecule has 25 heavy (non-hydrogen) atoms. The van der Waals surface area contributed by atoms with Crippen molar-refractivity contribution in [1.82, 2.24) is 0 Å². The van der Waals surface area contributed by atoms with E-state index in [0.717, 1.165) is 4.90 Å². The number of amides is 1. The lowest BCUT2D eigenvalue weighted by Gasteiger charge is -2.11. The number of rotatable bonds is 8. The highest BCUT2D eigenvalue weighted by atomic mass is 35.5. The molecule has 0 unspecified atom stereocenters. The lowest BCUT2D eigenvalue weighted by molar-refractivity contribution is -0.144. The Bertz CT molecular complexity index is 739. The Hall–Kier alpha value is -2.18. The Morgan fingerprint density at radius 2 is 1.84 bits per heavy atom. The van der Waals surface area contributed by atoms with E-state index in [0.29, 0.717) is 23.1 Å². The van der Waals surface area contributed by atoms with E-state index in [2.05, 4.69) is 5.32 Å². The van der Waals surface area contributed by atoms with Crippen LogP contribution in [0, 0.1) is 0 Å². The highest BCUT2D eigenvalue weighted by Crippen LogP contribution is 2.26. The average molecular weight is 380 g/mol. The largest absolute Gasteiger partial charge is 0.492 e. The van der Waals surface area contributed by atoms with Gasteiger partial charge >= 0.3 is 5.97 Å². The maximum absolute atomic E-state index is 11.9. The van der Waals surface area contributed by atoms with E-state index in [1.165, 1.54) is 11.8 Å². The molecule has 0 atom stereocenters. The van der Waals surface area contributed by atoms with Crippen molar-refractivity contribution in [2.75, 3.05) is 24.3 Å². The van der Waals surface area contributed by atoms with Crippen LogP contribution >= 0.6 is 23.4 Å². The number of para-hydroxylation sites is 2. The number of carbonyl (C=O) groups is 2. The number of benzene rings is 2. The van der Waals surface area contributed by atoms with E-state index in [1.807, 2.05) is 31.2 Å². The van der Waals surface area contributed by atoms with E-state index in [4.69, 9.17) is 21.1 Å². The van der Waals surface area contributed by atoms with Crippen molar-refractivity contribution >= 4 is 40.9 Å². The number of esters is 1. The molecule has 2 rings (SSSR count). The Labute approximate surface area is 155 Å². The van der Waals surface area contributed by atoms with E-state index in [-0.39, 0.29) is 12.4 Å². The molecule has 1 amide bonds. The van der Waals surface area contributed by atoms with Crippen LogP contribution in [0.4, 0.5) is 5.69 Å². The van der Waals surface area contributed by atoms with Crippen molar-refractivity contribution in [3.8, 4) is 5.75 Å². The third-order valence-electron chi connectivity index (χ3n) is 3.01. The highest BCUT2D eigenvalue weighted by Gasteiger charge is 2.11. The number of carbonyl (C=O) groups excluding carboxylic acids is 2. The van der Waals surface area contributed by atoms with Gasteiger partial charge in [-0.3, -0.25) is 9.59 Å². The fraction of sp³-hybridized carbons (Fsp3) is 0.222. The van der Waals surface area contributed by atoms with Crippen LogP contribution in [0.25, 0.3) is 0 Å². The van der Waals surface area contributed by atoms with E-state index in [1.54, 1.807) is 24.3 Å². The molecule has 0 fully saturated rings. The zero-order valence-electron chi connectivity index (χ0n) is 13.7. The van der Waals surface area contributed by atoms with Crippen LogP contribution in [0.3, 0.4) is 0 Å². The molecule has 0 saturated heterocycles. The van der Waals surface area contributed by atoms with Crippen LogP contribution in [-0.4, -0.2) is 30.8 Å². The average Bonchev–Trinajstić information content (AvgIpc) is 2.61. The van der Waals surface area contributed by atoms with Crippen LogP contribution in [-0.2, 0) is 14.3 Å². The molecule has 0 saturated carbocycles. The third-order valence-corrected chi connectivity index (χ3v) is 4.50. The van der Waals surface area contributed by atoms with Gasteiger partial charge in [0.1, 0.15) is 5.75 Å². The van der Waals surface area contributed by atoms with Crippen molar-refractivity contribution in [3.63, 3.8) is 0 Å². The van der Waals surface area contributed by atoms with Crippen molar-refractivity contribution in [2.45, 2.75) is 11.8 Å². The Balaban J connectivity index is 1.78. The topological polar surface area (TPSA) is 64.6 Å². The summed E-state index contributed by atoms with van der Waals surface area (Å²) in [5, 5.41) is 3.24. The lowest BCUT2D eigenvalue weighted by atomic mass is 10.3. The summed E-state index contributed by atoms with van der Waals surface area (Å²) in [4.78, 5) is 24.5. The highest BCUT2D eigenvalue weighted by molar-refractivity contribution is 8.00. The Morgan fingerprint density at radius 1 is 1.12 bits per heavy atom. The normalized spacial score (nSPS) is 10.2. The molecule has 0 bridgehead atoms. The van der Waals surface area contributed by atoms with Crippen LogP contribution in [0.15, 0.2) is 53.4 Å². The second kappa shape index (κ2) is 9.96. The second-order valence-corrected chi connectivity index (χ2v) is 6.28. The van der Waals surface area contributed by atoms with Crippen LogP contribution in [0.2, 0.25) is 5.02 Å². The predicted molar refractivity (Wildman–Crippen MR) is 99.4 cm³/mol. The quantitative estimate of drug-likeness (QED) is 0.554. The minimum atomic E-state index is -0.488. The van der Waals surface area contributed by atoms with Crippen molar-refractivity contribution < 1.29 is 19.1 Å². The summed E-state index contributed by atoms with van der Waals surface area (Å²) in [5.74, 6) is -0.271. The molecule has 0 aliphatic carbocycles. The van der Waals surface area contributed by atoms with E-state index < -0.39 is 11.9 Å². The molecular weight excluding hydrogens is 362 g/mol. The molecule has 0 spiro atoms. The van der Waals surface area contributed by atoms with Crippen molar-refractivity contribution in [3.05, 3.63) is 53.6 Å². The zero-order chi connectivity index (χ0) is 18.1. The molecule has 132 valence electrons. The standard InChI is InChI=1S/C18H18ClNO4S/c1-2-23-15-9-5-4-8-14(15)20-17(21)11-24-18(22)12-25-16-10-6-3-7-13(16)19/h3-10H,2,11-12H2,1H3,(H,20,21). The fourth-order valence-electron chi connectivity index (χ4n) is 1.92. The monoisotopic (exact) mass is 379 g/mol. The molecule has 0 aliphatic rings. The van der Waals surface area contributed by atoms with Gasteiger partial charge in [0.2, 0.25) is 0 Å². The first-order valence-electron chi connectivity index (χ1n) is 7.64. The zero-order valence-corrected chi connectivity index (χ0v) is 15.2. The van der Waals surface area contributed by atoms with Gasteiger partial charge in [-0.1, -0.05) is 35.9 Å². The SMILES string of the molecule is CCOc1ccccc1NC(=O)COC(=O)CSc1ccccc1Cl. The first-order valence-corrected chi connectivity index (χ1v) is 9.01. The number of hydrogen-bond donors (Lipinski definition) is 1. The smallest absolute Gasteiger partial charge is 0.316 e. The molecular formula is C18H18ClNO4S. The van der Waals surface area contributed by atoms with Crippen molar-refractivity contribution in [1.29, 1.82) is 0 Å². The molecule has 1 N–H and O–H groups in total. The van der Waals surface area contributed by atoms with Gasteiger partial charge in [0.05, 0.1) is 23.1 Å². The van der Waals surface area contributed by atoms with Gasteiger partial charge in [0.15, 0.2) is 6.61 Å². The number of hydrogen-bond acceptors (Lipinski definition) is 5. The summed E-state index contributed by atoms with van der Waals surface area (Å²) in [7, 11) is 0. The van der Waals surface area contributed by atoms with Gasteiger partial charge in [-0.15, -0.1) is 11.8 Å². The summed E-state index contributed by atoms with van der Waals surface area (Å²) >= 11 is 7.28. The molecule has 7 heteroatoms. The summed E-state index contributed by atoms with van der Waals surface area (Å²) in [6.45, 7) is 1.99. The van der Waals surface area contributed by atoms with Crippen LogP contribution < -0.4 is 10.1 Å². The summed E-state index contributed by atoms with van der Waals surface area (Å²) in [6.07, 6.45) is 0. The minimum absolute atomic E-state index is 0.0759. The molecule has 5 nitrogen and oxygen atoms in total. The lowest BCUT2D eigenvalue weighted by Crippen LogP contribution is -2.22. The van der Waals surface area contributed by atoms with Crippen LogP contribution in [0.5, 0.6) is 5.75 Å². The minimum Gasteiger partial charge on any atom is -0.492 e. The van der Waals surface area contributed by atoms with Crippen molar-refractivity contribution in [2.24, 2.45) is 0 Å². The Kier molecular flexibility index (Phi) is 7.63. The molecule has 0 aliphatic heterocycles. The maximum Gasteiger partial charge on any atom is 0.316 e.